The van der Waals surface area contributed by atoms with Gasteiger partial charge in [0.1, 0.15) is 11.6 Å². The third-order valence-corrected chi connectivity index (χ3v) is 5.02. The van der Waals surface area contributed by atoms with Gasteiger partial charge in [0.25, 0.3) is 0 Å². The summed E-state index contributed by atoms with van der Waals surface area (Å²) in [4.78, 5) is 27.5. The standard InChI is InChI=1S/C19H21F3N6O3/c20-19(21,22)14-9-16(24-12-29)23-11-13(14)15-10-17(27-1-5-30-6-2-27)26-18(25-15)28-3-7-31-8-4-28/h9-12H,1-8H2,(H,23,24,29). The number of ether oxygens (including phenoxy) is 2. The van der Waals surface area contributed by atoms with E-state index >= 15 is 0 Å². The van der Waals surface area contributed by atoms with E-state index in [4.69, 9.17) is 9.47 Å². The summed E-state index contributed by atoms with van der Waals surface area (Å²) in [6.07, 6.45) is -3.32. The lowest BCUT2D eigenvalue weighted by atomic mass is 10.1. The maximum Gasteiger partial charge on any atom is 0.417 e. The van der Waals surface area contributed by atoms with Crippen LogP contribution in [0, 0.1) is 0 Å². The number of morpholine rings is 2. The van der Waals surface area contributed by atoms with Crippen LogP contribution in [-0.4, -0.2) is 74.0 Å². The number of halogens is 3. The molecule has 1 N–H and O–H groups in total. The van der Waals surface area contributed by atoms with Crippen molar-refractivity contribution in [3.63, 3.8) is 0 Å². The van der Waals surface area contributed by atoms with Crippen molar-refractivity contribution in [3.8, 4) is 11.3 Å². The van der Waals surface area contributed by atoms with Crippen molar-refractivity contribution in [1.29, 1.82) is 0 Å². The highest BCUT2D eigenvalue weighted by molar-refractivity contribution is 5.73. The lowest BCUT2D eigenvalue weighted by Crippen LogP contribution is -2.39. The van der Waals surface area contributed by atoms with Crippen LogP contribution in [0.25, 0.3) is 11.3 Å². The Morgan fingerprint density at radius 2 is 1.61 bits per heavy atom. The van der Waals surface area contributed by atoms with E-state index in [1.165, 1.54) is 6.07 Å². The topological polar surface area (TPSA) is 92.7 Å². The number of alkyl halides is 3. The van der Waals surface area contributed by atoms with Gasteiger partial charge in [0.05, 0.1) is 37.7 Å². The number of amides is 1. The molecule has 4 rings (SSSR count). The molecule has 0 spiro atoms. The van der Waals surface area contributed by atoms with Gasteiger partial charge in [-0.25, -0.2) is 9.97 Å². The number of pyridine rings is 1. The minimum absolute atomic E-state index is 0.107. The van der Waals surface area contributed by atoms with Crippen molar-refractivity contribution in [2.45, 2.75) is 6.18 Å². The summed E-state index contributed by atoms with van der Waals surface area (Å²) in [5, 5.41) is 2.16. The first-order valence-corrected chi connectivity index (χ1v) is 9.78. The normalized spacial score (nSPS) is 17.5. The van der Waals surface area contributed by atoms with Crippen molar-refractivity contribution in [1.82, 2.24) is 15.0 Å². The number of nitrogens with zero attached hydrogens (tertiary/aromatic N) is 5. The highest BCUT2D eigenvalue weighted by atomic mass is 19.4. The minimum atomic E-state index is -4.67. The Balaban J connectivity index is 1.82. The highest BCUT2D eigenvalue weighted by Gasteiger charge is 2.35. The van der Waals surface area contributed by atoms with Gasteiger partial charge < -0.3 is 24.6 Å². The highest BCUT2D eigenvalue weighted by Crippen LogP contribution is 2.38. The summed E-state index contributed by atoms with van der Waals surface area (Å²) in [5.74, 6) is 0.672. The lowest BCUT2D eigenvalue weighted by molar-refractivity contribution is -0.137. The van der Waals surface area contributed by atoms with Gasteiger partial charge in [-0.05, 0) is 6.07 Å². The molecule has 2 aromatic rings. The van der Waals surface area contributed by atoms with Gasteiger partial charge in [-0.2, -0.15) is 18.2 Å². The smallest absolute Gasteiger partial charge is 0.378 e. The fourth-order valence-corrected chi connectivity index (χ4v) is 3.45. The average Bonchev–Trinajstić information content (AvgIpc) is 2.79. The third-order valence-electron chi connectivity index (χ3n) is 5.02. The molecule has 2 aliphatic rings. The van der Waals surface area contributed by atoms with Gasteiger partial charge in [0, 0.05) is 44.0 Å². The van der Waals surface area contributed by atoms with Gasteiger partial charge in [-0.3, -0.25) is 4.79 Å². The summed E-state index contributed by atoms with van der Waals surface area (Å²) in [6, 6.07) is 2.34. The van der Waals surface area contributed by atoms with Crippen LogP contribution in [0.4, 0.5) is 30.8 Å². The number of aromatic nitrogens is 3. The number of nitrogens with one attached hydrogen (secondary N) is 1. The first-order valence-electron chi connectivity index (χ1n) is 9.78. The Morgan fingerprint density at radius 1 is 0.968 bits per heavy atom. The summed E-state index contributed by atoms with van der Waals surface area (Å²) in [6.45, 7) is 4.22. The van der Waals surface area contributed by atoms with Crippen LogP contribution in [0.5, 0.6) is 0 Å². The van der Waals surface area contributed by atoms with Crippen LogP contribution in [0.3, 0.4) is 0 Å². The summed E-state index contributed by atoms with van der Waals surface area (Å²) >= 11 is 0. The number of hydrogen-bond donors (Lipinski definition) is 1. The average molecular weight is 438 g/mol. The molecule has 0 unspecified atom stereocenters. The second-order valence-corrected chi connectivity index (χ2v) is 6.99. The van der Waals surface area contributed by atoms with Gasteiger partial charge in [0.2, 0.25) is 12.4 Å². The fourth-order valence-electron chi connectivity index (χ4n) is 3.45. The maximum atomic E-state index is 13.8. The first kappa shape index (κ1) is 21.2. The van der Waals surface area contributed by atoms with Crippen LogP contribution < -0.4 is 15.1 Å². The minimum Gasteiger partial charge on any atom is -0.378 e. The predicted molar refractivity (Wildman–Crippen MR) is 106 cm³/mol. The molecule has 2 aliphatic heterocycles. The molecular formula is C19H21F3N6O3. The number of rotatable bonds is 5. The Morgan fingerprint density at radius 3 is 2.23 bits per heavy atom. The SMILES string of the molecule is O=CNc1cc(C(F)(F)F)c(-c2cc(N3CCOCC3)nc(N3CCOCC3)n2)cn1. The van der Waals surface area contributed by atoms with Crippen molar-refractivity contribution in [3.05, 3.63) is 23.9 Å². The second-order valence-electron chi connectivity index (χ2n) is 6.99. The molecule has 0 bridgehead atoms. The monoisotopic (exact) mass is 438 g/mol. The van der Waals surface area contributed by atoms with Gasteiger partial charge >= 0.3 is 6.18 Å². The van der Waals surface area contributed by atoms with Crippen molar-refractivity contribution < 1.29 is 27.4 Å². The Labute approximate surface area is 176 Å². The van der Waals surface area contributed by atoms with Gasteiger partial charge in [0.15, 0.2) is 0 Å². The molecule has 9 nitrogen and oxygen atoms in total. The van der Waals surface area contributed by atoms with E-state index in [0.29, 0.717) is 64.4 Å². The molecule has 4 heterocycles. The summed E-state index contributed by atoms with van der Waals surface area (Å²) in [7, 11) is 0. The summed E-state index contributed by atoms with van der Waals surface area (Å²) < 4.78 is 52.2. The Bertz CT molecular complexity index is 894. The maximum absolute atomic E-state index is 13.8. The van der Waals surface area contributed by atoms with E-state index in [0.717, 1.165) is 12.3 Å². The van der Waals surface area contributed by atoms with Gasteiger partial charge in [-0.15, -0.1) is 0 Å². The van der Waals surface area contributed by atoms with E-state index in [1.807, 2.05) is 9.80 Å². The molecule has 12 heteroatoms. The van der Waals surface area contributed by atoms with E-state index in [2.05, 4.69) is 20.3 Å². The largest absolute Gasteiger partial charge is 0.417 e. The molecule has 2 saturated heterocycles. The zero-order valence-electron chi connectivity index (χ0n) is 16.6. The Hall–Kier alpha value is -2.99. The number of hydrogen-bond acceptors (Lipinski definition) is 8. The number of anilines is 3. The zero-order valence-corrected chi connectivity index (χ0v) is 16.6. The van der Waals surface area contributed by atoms with Crippen LogP contribution in [0.2, 0.25) is 0 Å². The summed E-state index contributed by atoms with van der Waals surface area (Å²) in [5.41, 5.74) is -1.02. The molecule has 0 aromatic carbocycles. The fraction of sp³-hybridized carbons (Fsp3) is 0.474. The van der Waals surface area contributed by atoms with E-state index < -0.39 is 11.7 Å². The van der Waals surface area contributed by atoms with Crippen molar-refractivity contribution in [2.75, 3.05) is 67.7 Å². The van der Waals surface area contributed by atoms with Crippen LogP contribution in [0.1, 0.15) is 5.56 Å². The van der Waals surface area contributed by atoms with Crippen LogP contribution in [-0.2, 0) is 20.4 Å². The molecule has 0 saturated carbocycles. The first-order chi connectivity index (χ1) is 15.0. The number of carbonyl (C=O) groups is 1. The quantitative estimate of drug-likeness (QED) is 0.707. The van der Waals surface area contributed by atoms with E-state index in [1.54, 1.807) is 0 Å². The predicted octanol–water partition coefficient (Wildman–Crippen LogP) is 1.80. The van der Waals surface area contributed by atoms with E-state index in [9.17, 15) is 18.0 Å². The van der Waals surface area contributed by atoms with Gasteiger partial charge in [-0.1, -0.05) is 0 Å². The second kappa shape index (κ2) is 9.02. The molecule has 1 amide bonds. The zero-order chi connectivity index (χ0) is 21.8. The van der Waals surface area contributed by atoms with Crippen LogP contribution in [0.15, 0.2) is 18.3 Å². The Kier molecular flexibility index (Phi) is 6.18. The molecule has 0 radical (unpaired) electrons. The third kappa shape index (κ3) is 4.85. The molecule has 2 fully saturated rings. The molecule has 31 heavy (non-hydrogen) atoms. The molecular weight excluding hydrogens is 417 g/mol. The molecule has 0 atom stereocenters. The lowest BCUT2D eigenvalue weighted by Gasteiger charge is -2.31. The number of carbonyl (C=O) groups excluding carboxylic acids is 1. The van der Waals surface area contributed by atoms with E-state index in [-0.39, 0.29) is 23.5 Å². The van der Waals surface area contributed by atoms with Crippen molar-refractivity contribution >= 4 is 24.0 Å². The van der Waals surface area contributed by atoms with Crippen LogP contribution >= 0.6 is 0 Å². The molecule has 2 aromatic heterocycles. The molecule has 0 aliphatic carbocycles. The molecule has 166 valence electrons. The van der Waals surface area contributed by atoms with Crippen molar-refractivity contribution in [2.24, 2.45) is 0 Å².